The number of carbonyl (C=O) groups is 2. The molecule has 1 spiro atoms. The second-order valence-corrected chi connectivity index (χ2v) is 13.8. The van der Waals surface area contributed by atoms with E-state index >= 15 is 0 Å². The summed E-state index contributed by atoms with van der Waals surface area (Å²) in [5, 5.41) is 0. The number of hydrogen-bond acceptors (Lipinski definition) is 5. The zero-order valence-corrected chi connectivity index (χ0v) is 25.0. The van der Waals surface area contributed by atoms with Crippen LogP contribution in [0.4, 0.5) is 4.79 Å². The van der Waals surface area contributed by atoms with Crippen molar-refractivity contribution >= 4 is 12.0 Å². The second-order valence-electron chi connectivity index (χ2n) is 13.8. The van der Waals surface area contributed by atoms with E-state index in [1.807, 2.05) is 21.9 Å². The molecule has 3 heterocycles. The van der Waals surface area contributed by atoms with Gasteiger partial charge in [-0.15, -0.1) is 0 Å². The molecule has 0 bridgehead atoms. The molecule has 0 N–H and O–H groups in total. The lowest BCUT2D eigenvalue weighted by atomic mass is 9.82. The lowest BCUT2D eigenvalue weighted by molar-refractivity contribution is -0.0171. The average Bonchev–Trinajstić information content (AvgIpc) is 3.80. The zero-order chi connectivity index (χ0) is 28.6. The predicted octanol–water partition coefficient (Wildman–Crippen LogP) is 5.86. The van der Waals surface area contributed by atoms with Crippen molar-refractivity contribution in [3.8, 4) is 16.9 Å². The predicted molar refractivity (Wildman–Crippen MR) is 160 cm³/mol. The van der Waals surface area contributed by atoms with E-state index in [1.165, 1.54) is 24.9 Å². The molecule has 3 aliphatic heterocycles. The van der Waals surface area contributed by atoms with Crippen LogP contribution in [0, 0.1) is 11.3 Å². The summed E-state index contributed by atoms with van der Waals surface area (Å²) in [5.41, 5.74) is 4.01. The standard InChI is InChI=1S/C34H45N3O4/c1-33(2,3)24-40-32(39)37-16-14-34(15-17-37)13-12-29-22-28(10-11-30(29)41-34)26-6-8-27(9-7-26)31(38)36-20-18-35(19-21-36)23-25-4-5-25/h6-11,22,25H,4-5,12-21,23-24H2,1-3H3. The highest BCUT2D eigenvalue weighted by atomic mass is 16.6. The van der Waals surface area contributed by atoms with Crippen molar-refractivity contribution in [1.82, 2.24) is 14.7 Å². The largest absolute Gasteiger partial charge is 0.487 e. The highest BCUT2D eigenvalue weighted by Gasteiger charge is 2.41. The van der Waals surface area contributed by atoms with Crippen LogP contribution in [0.3, 0.4) is 0 Å². The molecule has 6 rings (SSSR count). The molecule has 0 radical (unpaired) electrons. The normalized spacial score (nSPS) is 20.9. The molecule has 1 saturated carbocycles. The number of hydrogen-bond donors (Lipinski definition) is 0. The average molecular weight is 560 g/mol. The molecule has 4 aliphatic rings. The van der Waals surface area contributed by atoms with Crippen molar-refractivity contribution in [3.63, 3.8) is 0 Å². The topological polar surface area (TPSA) is 62.3 Å². The number of amides is 2. The van der Waals surface area contributed by atoms with Crippen molar-refractivity contribution in [2.75, 3.05) is 52.4 Å². The fourth-order valence-electron chi connectivity index (χ4n) is 6.31. The van der Waals surface area contributed by atoms with Gasteiger partial charge < -0.3 is 19.3 Å². The van der Waals surface area contributed by atoms with Gasteiger partial charge in [0.1, 0.15) is 11.4 Å². The number of nitrogens with zero attached hydrogens (tertiary/aromatic N) is 3. The number of carbonyl (C=O) groups excluding carboxylic acids is 2. The Bertz CT molecular complexity index is 1250. The Balaban J connectivity index is 1.03. The van der Waals surface area contributed by atoms with Gasteiger partial charge in [-0.1, -0.05) is 39.0 Å². The number of piperidine rings is 1. The van der Waals surface area contributed by atoms with Gasteiger partial charge in [-0.05, 0) is 78.0 Å². The highest BCUT2D eigenvalue weighted by molar-refractivity contribution is 5.94. The number of benzene rings is 2. The van der Waals surface area contributed by atoms with Crippen molar-refractivity contribution in [1.29, 1.82) is 0 Å². The first-order valence-electron chi connectivity index (χ1n) is 15.5. The van der Waals surface area contributed by atoms with Crippen molar-refractivity contribution in [3.05, 3.63) is 53.6 Å². The molecule has 2 amide bonds. The van der Waals surface area contributed by atoms with Gasteiger partial charge in [-0.25, -0.2) is 4.79 Å². The number of rotatable bonds is 5. The summed E-state index contributed by atoms with van der Waals surface area (Å²) >= 11 is 0. The summed E-state index contributed by atoms with van der Waals surface area (Å²) in [6, 6.07) is 14.5. The zero-order valence-electron chi connectivity index (χ0n) is 25.0. The molecule has 220 valence electrons. The molecule has 0 aromatic heterocycles. The molecule has 0 atom stereocenters. The third-order valence-corrected chi connectivity index (χ3v) is 9.14. The van der Waals surface area contributed by atoms with Gasteiger partial charge in [0.05, 0.1) is 6.61 Å². The van der Waals surface area contributed by atoms with E-state index in [9.17, 15) is 9.59 Å². The summed E-state index contributed by atoms with van der Waals surface area (Å²) in [4.78, 5) is 32.0. The van der Waals surface area contributed by atoms with Crippen molar-refractivity contribution in [2.24, 2.45) is 11.3 Å². The maximum atomic E-state index is 13.1. The first-order chi connectivity index (χ1) is 19.7. The number of aryl methyl sites for hydroxylation is 1. The van der Waals surface area contributed by atoms with Crippen LogP contribution in [-0.4, -0.2) is 84.7 Å². The summed E-state index contributed by atoms with van der Waals surface area (Å²) in [7, 11) is 0. The van der Waals surface area contributed by atoms with Gasteiger partial charge in [0.2, 0.25) is 0 Å². The smallest absolute Gasteiger partial charge is 0.409 e. The molecule has 1 aliphatic carbocycles. The maximum Gasteiger partial charge on any atom is 0.409 e. The Morgan fingerprint density at radius 1 is 0.878 bits per heavy atom. The quantitative estimate of drug-likeness (QED) is 0.459. The lowest BCUT2D eigenvalue weighted by Gasteiger charge is -2.44. The van der Waals surface area contributed by atoms with Crippen molar-refractivity contribution < 1.29 is 19.1 Å². The minimum atomic E-state index is -0.213. The number of ether oxygens (including phenoxy) is 2. The van der Waals surface area contributed by atoms with Crippen LogP contribution >= 0.6 is 0 Å². The Labute approximate surface area is 244 Å². The Kier molecular flexibility index (Phi) is 7.75. The Morgan fingerprint density at radius 3 is 2.22 bits per heavy atom. The fraction of sp³-hybridized carbons (Fsp3) is 0.588. The van der Waals surface area contributed by atoms with Gasteiger partial charge in [0.25, 0.3) is 5.91 Å². The van der Waals surface area contributed by atoms with Crippen molar-refractivity contribution in [2.45, 2.75) is 64.9 Å². The first kappa shape index (κ1) is 28.1. The highest BCUT2D eigenvalue weighted by Crippen LogP contribution is 2.41. The monoisotopic (exact) mass is 559 g/mol. The van der Waals surface area contributed by atoms with Crippen LogP contribution in [0.2, 0.25) is 0 Å². The summed E-state index contributed by atoms with van der Waals surface area (Å²) in [6.07, 6.45) is 6.10. The van der Waals surface area contributed by atoms with Crippen LogP contribution in [0.5, 0.6) is 5.75 Å². The van der Waals surface area contributed by atoms with Crippen LogP contribution in [0.1, 0.15) is 68.8 Å². The van der Waals surface area contributed by atoms with Gasteiger partial charge in [-0.2, -0.15) is 0 Å². The molecule has 3 fully saturated rings. The van der Waals surface area contributed by atoms with E-state index in [0.717, 1.165) is 80.2 Å². The van der Waals surface area contributed by atoms with E-state index in [-0.39, 0.29) is 23.0 Å². The molecular weight excluding hydrogens is 514 g/mol. The molecule has 2 aromatic rings. The summed E-state index contributed by atoms with van der Waals surface area (Å²) in [5.74, 6) is 1.99. The van der Waals surface area contributed by atoms with E-state index in [4.69, 9.17) is 9.47 Å². The Morgan fingerprint density at radius 2 is 1.56 bits per heavy atom. The molecule has 7 heteroatoms. The van der Waals surface area contributed by atoms with E-state index in [2.05, 4.69) is 56.0 Å². The third kappa shape index (κ3) is 6.72. The molecule has 41 heavy (non-hydrogen) atoms. The van der Waals surface area contributed by atoms with Crippen LogP contribution in [0.15, 0.2) is 42.5 Å². The second kappa shape index (κ2) is 11.3. The lowest BCUT2D eigenvalue weighted by Crippen LogP contribution is -2.51. The van der Waals surface area contributed by atoms with Crippen LogP contribution in [-0.2, 0) is 11.2 Å². The number of likely N-dealkylation sites (tertiary alicyclic amines) is 1. The number of piperazine rings is 1. The van der Waals surface area contributed by atoms with Gasteiger partial charge >= 0.3 is 6.09 Å². The molecule has 2 saturated heterocycles. The fourth-order valence-corrected chi connectivity index (χ4v) is 6.31. The minimum absolute atomic E-state index is 0.0359. The SMILES string of the molecule is CC(C)(C)COC(=O)N1CCC2(CCc3cc(-c4ccc(C(=O)N5CCN(CC6CC6)CC5)cc4)ccc3O2)CC1. The molecule has 7 nitrogen and oxygen atoms in total. The van der Waals surface area contributed by atoms with Gasteiger partial charge in [0, 0.05) is 64.2 Å². The van der Waals surface area contributed by atoms with E-state index in [0.29, 0.717) is 19.7 Å². The van der Waals surface area contributed by atoms with Gasteiger partial charge in [-0.3, -0.25) is 9.69 Å². The minimum Gasteiger partial charge on any atom is -0.487 e. The molecule has 2 aromatic carbocycles. The van der Waals surface area contributed by atoms with E-state index < -0.39 is 0 Å². The number of fused-ring (bicyclic) bond motifs is 1. The summed E-state index contributed by atoms with van der Waals surface area (Å²) < 4.78 is 12.1. The Hall–Kier alpha value is -3.06. The van der Waals surface area contributed by atoms with E-state index in [1.54, 1.807) is 0 Å². The van der Waals surface area contributed by atoms with Gasteiger partial charge in [0.15, 0.2) is 0 Å². The third-order valence-electron chi connectivity index (χ3n) is 9.14. The maximum absolute atomic E-state index is 13.1. The molecular formula is C34H45N3O4. The molecule has 0 unspecified atom stereocenters. The van der Waals surface area contributed by atoms with Crippen LogP contribution < -0.4 is 4.74 Å². The van der Waals surface area contributed by atoms with Crippen LogP contribution in [0.25, 0.3) is 11.1 Å². The summed E-state index contributed by atoms with van der Waals surface area (Å²) in [6.45, 7) is 12.8. The first-order valence-corrected chi connectivity index (χ1v) is 15.5.